The van der Waals surface area contributed by atoms with Gasteiger partial charge in [-0.1, -0.05) is 32.0 Å². The lowest BCUT2D eigenvalue weighted by Gasteiger charge is -2.25. The lowest BCUT2D eigenvalue weighted by Crippen LogP contribution is -2.40. The van der Waals surface area contributed by atoms with E-state index in [2.05, 4.69) is 10.3 Å². The minimum absolute atomic E-state index is 0.0421. The number of carboxylic acids is 1. The summed E-state index contributed by atoms with van der Waals surface area (Å²) in [5.74, 6) is -2.35. The van der Waals surface area contributed by atoms with E-state index >= 15 is 4.39 Å². The highest BCUT2D eigenvalue weighted by molar-refractivity contribution is 5.82. The van der Waals surface area contributed by atoms with Crippen LogP contribution in [0.2, 0.25) is 0 Å². The number of aryl methyl sites for hydroxylation is 4. The Hall–Kier alpha value is -3.81. The van der Waals surface area contributed by atoms with E-state index < -0.39 is 36.2 Å². The summed E-state index contributed by atoms with van der Waals surface area (Å²) in [5, 5.41) is 12.4. The number of carbonyl (C=O) groups is 2. The maximum absolute atomic E-state index is 15.4. The van der Waals surface area contributed by atoms with E-state index in [1.54, 1.807) is 19.2 Å². The third-order valence-corrected chi connectivity index (χ3v) is 6.40. The van der Waals surface area contributed by atoms with Gasteiger partial charge in [-0.05, 0) is 68.9 Å². The highest BCUT2D eigenvalue weighted by Crippen LogP contribution is 2.31. The SMILES string of the molecule is Cc1ccn([C@H](CC(C)C)C(=O)N[C@H](CC(=O)O)c2cc(-c3c(C)cccc3C)nc(C)c2F)c(=O)c1. The summed E-state index contributed by atoms with van der Waals surface area (Å²) in [7, 11) is 0. The van der Waals surface area contributed by atoms with Crippen LogP contribution in [-0.2, 0) is 9.59 Å². The van der Waals surface area contributed by atoms with Gasteiger partial charge in [0.2, 0.25) is 5.91 Å². The van der Waals surface area contributed by atoms with Crippen molar-refractivity contribution < 1.29 is 19.1 Å². The summed E-state index contributed by atoms with van der Waals surface area (Å²) in [6.07, 6.45) is 1.38. The van der Waals surface area contributed by atoms with Crippen LogP contribution in [0.1, 0.15) is 66.7 Å². The summed E-state index contributed by atoms with van der Waals surface area (Å²) >= 11 is 0. The Labute approximate surface area is 216 Å². The van der Waals surface area contributed by atoms with Gasteiger partial charge in [-0.2, -0.15) is 0 Å². The van der Waals surface area contributed by atoms with Crippen LogP contribution in [0, 0.1) is 39.4 Å². The van der Waals surface area contributed by atoms with Gasteiger partial charge < -0.3 is 15.0 Å². The minimum Gasteiger partial charge on any atom is -0.481 e. The number of nitrogens with one attached hydrogen (secondary N) is 1. The number of carboxylic acid groups (broad SMARTS) is 1. The van der Waals surface area contributed by atoms with Crippen LogP contribution >= 0.6 is 0 Å². The first-order chi connectivity index (χ1) is 17.4. The summed E-state index contributed by atoms with van der Waals surface area (Å²) in [4.78, 5) is 42.4. The number of hydrogen-bond acceptors (Lipinski definition) is 4. The molecule has 3 rings (SSSR count). The summed E-state index contributed by atoms with van der Waals surface area (Å²) < 4.78 is 16.8. The maximum atomic E-state index is 15.4. The number of benzene rings is 1. The first kappa shape index (κ1) is 27.8. The predicted octanol–water partition coefficient (Wildman–Crippen LogP) is 5.20. The molecule has 1 aromatic carbocycles. The molecule has 2 heterocycles. The van der Waals surface area contributed by atoms with Gasteiger partial charge in [0.25, 0.3) is 5.56 Å². The van der Waals surface area contributed by atoms with Crippen LogP contribution in [0.25, 0.3) is 11.3 Å². The second kappa shape index (κ2) is 11.5. The first-order valence-electron chi connectivity index (χ1n) is 12.3. The van der Waals surface area contributed by atoms with E-state index in [4.69, 9.17) is 0 Å². The van der Waals surface area contributed by atoms with Crippen LogP contribution < -0.4 is 10.9 Å². The Balaban J connectivity index is 2.09. The fraction of sp³-hybridized carbons (Fsp3) is 0.379. The summed E-state index contributed by atoms with van der Waals surface area (Å²) in [6, 6.07) is 8.42. The zero-order chi connectivity index (χ0) is 27.4. The Kier molecular flexibility index (Phi) is 8.63. The smallest absolute Gasteiger partial charge is 0.305 e. The van der Waals surface area contributed by atoms with Crippen molar-refractivity contribution in [2.24, 2.45) is 5.92 Å². The molecule has 0 aliphatic rings. The predicted molar refractivity (Wildman–Crippen MR) is 141 cm³/mol. The lowest BCUT2D eigenvalue weighted by molar-refractivity contribution is -0.138. The monoisotopic (exact) mass is 507 g/mol. The van der Waals surface area contributed by atoms with Crippen molar-refractivity contribution in [3.05, 3.63) is 86.7 Å². The van der Waals surface area contributed by atoms with E-state index in [0.717, 1.165) is 22.3 Å². The molecule has 0 radical (unpaired) electrons. The molecule has 0 spiro atoms. The molecule has 0 saturated heterocycles. The van der Waals surface area contributed by atoms with Gasteiger partial charge in [0.15, 0.2) is 0 Å². The van der Waals surface area contributed by atoms with Crippen LogP contribution in [0.3, 0.4) is 0 Å². The lowest BCUT2D eigenvalue weighted by atomic mass is 9.95. The Morgan fingerprint density at radius 2 is 1.73 bits per heavy atom. The highest BCUT2D eigenvalue weighted by atomic mass is 19.1. The number of nitrogens with zero attached hydrogens (tertiary/aromatic N) is 2. The molecule has 0 unspecified atom stereocenters. The average Bonchev–Trinajstić information content (AvgIpc) is 2.79. The molecular formula is C29H34FN3O4. The number of hydrogen-bond donors (Lipinski definition) is 2. The molecular weight excluding hydrogens is 473 g/mol. The zero-order valence-electron chi connectivity index (χ0n) is 22.1. The molecule has 8 heteroatoms. The number of pyridine rings is 2. The molecule has 2 aromatic heterocycles. The number of aromatic nitrogens is 2. The molecule has 0 aliphatic heterocycles. The molecule has 1 amide bonds. The van der Waals surface area contributed by atoms with Crippen molar-refractivity contribution in [2.75, 3.05) is 0 Å². The molecule has 0 aliphatic carbocycles. The number of halogens is 1. The second-order valence-corrected chi connectivity index (χ2v) is 10.0. The molecule has 3 aromatic rings. The van der Waals surface area contributed by atoms with Gasteiger partial charge in [0.1, 0.15) is 11.9 Å². The van der Waals surface area contributed by atoms with E-state index in [9.17, 15) is 19.5 Å². The fourth-order valence-corrected chi connectivity index (χ4v) is 4.60. The van der Waals surface area contributed by atoms with Gasteiger partial charge in [-0.15, -0.1) is 0 Å². The Bertz CT molecular complexity index is 1360. The Morgan fingerprint density at radius 3 is 2.30 bits per heavy atom. The molecule has 0 fully saturated rings. The molecule has 0 bridgehead atoms. The third kappa shape index (κ3) is 6.50. The van der Waals surface area contributed by atoms with Gasteiger partial charge in [-0.3, -0.25) is 19.4 Å². The number of amides is 1. The normalized spacial score (nSPS) is 12.9. The number of rotatable bonds is 9. The molecule has 37 heavy (non-hydrogen) atoms. The van der Waals surface area contributed by atoms with E-state index in [-0.39, 0.29) is 22.7 Å². The van der Waals surface area contributed by atoms with Crippen LogP contribution in [0.4, 0.5) is 4.39 Å². The van der Waals surface area contributed by atoms with Crippen LogP contribution in [-0.4, -0.2) is 26.5 Å². The van der Waals surface area contributed by atoms with Crippen molar-refractivity contribution in [1.82, 2.24) is 14.9 Å². The van der Waals surface area contributed by atoms with Gasteiger partial charge in [-0.25, -0.2) is 4.39 Å². The minimum atomic E-state index is -1.19. The maximum Gasteiger partial charge on any atom is 0.305 e. The van der Waals surface area contributed by atoms with Crippen molar-refractivity contribution >= 4 is 11.9 Å². The van der Waals surface area contributed by atoms with Crippen molar-refractivity contribution in [3.63, 3.8) is 0 Å². The van der Waals surface area contributed by atoms with E-state index in [0.29, 0.717) is 12.1 Å². The summed E-state index contributed by atoms with van der Waals surface area (Å²) in [6.45, 7) is 11.0. The highest BCUT2D eigenvalue weighted by Gasteiger charge is 2.29. The summed E-state index contributed by atoms with van der Waals surface area (Å²) in [5.41, 5.74) is 3.80. The standard InChI is InChI=1S/C29H34FN3O4/c1-16(2)12-24(33-11-10-17(3)13-25(33)34)29(37)32-22(15-26(35)36)21-14-23(31-20(6)28(21)30)27-18(4)8-7-9-19(27)5/h7-11,13-14,16,22,24H,12,15H2,1-6H3,(H,32,37)(H,35,36)/t22-,24-/m1/s1. The third-order valence-electron chi connectivity index (χ3n) is 6.40. The van der Waals surface area contributed by atoms with Gasteiger partial charge in [0.05, 0.1) is 23.9 Å². The zero-order valence-corrected chi connectivity index (χ0v) is 22.1. The molecule has 0 saturated carbocycles. The first-order valence-corrected chi connectivity index (χ1v) is 12.3. The largest absolute Gasteiger partial charge is 0.481 e. The van der Waals surface area contributed by atoms with Crippen molar-refractivity contribution in [2.45, 2.75) is 66.5 Å². The van der Waals surface area contributed by atoms with Crippen molar-refractivity contribution in [1.29, 1.82) is 0 Å². The molecule has 7 nitrogen and oxygen atoms in total. The van der Waals surface area contributed by atoms with Crippen LogP contribution in [0.5, 0.6) is 0 Å². The Morgan fingerprint density at radius 1 is 1.08 bits per heavy atom. The van der Waals surface area contributed by atoms with Gasteiger partial charge in [0, 0.05) is 23.4 Å². The molecule has 2 N–H and O–H groups in total. The van der Waals surface area contributed by atoms with E-state index in [1.807, 2.05) is 45.9 Å². The quantitative estimate of drug-likeness (QED) is 0.414. The number of carbonyl (C=O) groups excluding carboxylic acids is 1. The van der Waals surface area contributed by atoms with Crippen molar-refractivity contribution in [3.8, 4) is 11.3 Å². The van der Waals surface area contributed by atoms with Crippen LogP contribution in [0.15, 0.2) is 47.4 Å². The average molecular weight is 508 g/mol. The fourth-order valence-electron chi connectivity index (χ4n) is 4.60. The molecule has 2 atom stereocenters. The topological polar surface area (TPSA) is 101 Å². The van der Waals surface area contributed by atoms with E-state index in [1.165, 1.54) is 23.6 Å². The number of aliphatic carboxylic acids is 1. The second-order valence-electron chi connectivity index (χ2n) is 10.0. The molecule has 196 valence electrons. The van der Waals surface area contributed by atoms with Gasteiger partial charge >= 0.3 is 5.97 Å².